The van der Waals surface area contributed by atoms with Gasteiger partial charge in [0.05, 0.1) is 0 Å². The molecule has 1 N–H and O–H groups in total. The first-order valence-corrected chi connectivity index (χ1v) is 8.18. The first kappa shape index (κ1) is 14.7. The van der Waals surface area contributed by atoms with Crippen LogP contribution in [0.4, 0.5) is 4.39 Å². The first-order chi connectivity index (χ1) is 10.1. The molecule has 0 saturated heterocycles. The number of halogens is 2. The second kappa shape index (κ2) is 6.29. The van der Waals surface area contributed by atoms with Gasteiger partial charge >= 0.3 is 0 Å². The zero-order valence-corrected chi connectivity index (χ0v) is 13.6. The van der Waals surface area contributed by atoms with Crippen LogP contribution in [0.25, 0.3) is 0 Å². The molecule has 3 heteroatoms. The molecule has 2 aromatic rings. The van der Waals surface area contributed by atoms with Crippen molar-refractivity contribution in [2.24, 2.45) is 0 Å². The van der Waals surface area contributed by atoms with Crippen LogP contribution in [-0.4, -0.2) is 6.04 Å². The third-order valence-corrected chi connectivity index (χ3v) is 4.86. The van der Waals surface area contributed by atoms with E-state index in [0.29, 0.717) is 18.0 Å². The lowest BCUT2D eigenvalue weighted by Gasteiger charge is -2.38. The van der Waals surface area contributed by atoms with Gasteiger partial charge in [-0.25, -0.2) is 4.39 Å². The van der Waals surface area contributed by atoms with E-state index in [-0.39, 0.29) is 5.82 Å². The van der Waals surface area contributed by atoms with Crippen LogP contribution in [0.2, 0.25) is 0 Å². The average Bonchev–Trinajstić information content (AvgIpc) is 2.44. The van der Waals surface area contributed by atoms with Gasteiger partial charge in [0.2, 0.25) is 0 Å². The Balaban J connectivity index is 1.52. The molecule has 0 bridgehead atoms. The van der Waals surface area contributed by atoms with Gasteiger partial charge in [0.1, 0.15) is 5.82 Å². The number of hydrogen-bond donors (Lipinski definition) is 1. The molecule has 0 aliphatic heterocycles. The molecule has 0 amide bonds. The molecule has 1 nitrogen and oxygen atoms in total. The second-order valence-electron chi connectivity index (χ2n) is 5.86. The van der Waals surface area contributed by atoms with E-state index in [1.807, 2.05) is 12.1 Å². The number of rotatable bonds is 4. The first-order valence-electron chi connectivity index (χ1n) is 7.39. The summed E-state index contributed by atoms with van der Waals surface area (Å²) in [7, 11) is 0. The van der Waals surface area contributed by atoms with Crippen LogP contribution in [0.15, 0.2) is 53.0 Å². The Labute approximate surface area is 133 Å². The van der Waals surface area contributed by atoms with Gasteiger partial charge in [-0.2, -0.15) is 0 Å². The molecule has 0 spiro atoms. The van der Waals surface area contributed by atoms with Crippen molar-refractivity contribution < 1.29 is 4.39 Å². The molecule has 21 heavy (non-hydrogen) atoms. The monoisotopic (exact) mass is 347 g/mol. The van der Waals surface area contributed by atoms with E-state index in [9.17, 15) is 4.39 Å². The average molecular weight is 348 g/mol. The highest BCUT2D eigenvalue weighted by molar-refractivity contribution is 9.10. The smallest absolute Gasteiger partial charge is 0.123 e. The maximum Gasteiger partial charge on any atom is 0.123 e. The summed E-state index contributed by atoms with van der Waals surface area (Å²) in [6.45, 7) is 2.20. The van der Waals surface area contributed by atoms with Crippen molar-refractivity contribution >= 4 is 15.9 Å². The highest BCUT2D eigenvalue weighted by atomic mass is 79.9. The lowest BCUT2D eigenvalue weighted by atomic mass is 9.75. The van der Waals surface area contributed by atoms with Crippen LogP contribution in [0, 0.1) is 5.82 Å². The molecule has 0 heterocycles. The Morgan fingerprint density at radius 1 is 1.05 bits per heavy atom. The second-order valence-corrected chi connectivity index (χ2v) is 6.77. The van der Waals surface area contributed by atoms with Gasteiger partial charge in [0.25, 0.3) is 0 Å². The van der Waals surface area contributed by atoms with Crippen molar-refractivity contribution in [3.8, 4) is 0 Å². The Bertz CT molecular complexity index is 588. The van der Waals surface area contributed by atoms with E-state index >= 15 is 0 Å². The molecule has 0 unspecified atom stereocenters. The van der Waals surface area contributed by atoms with Gasteiger partial charge in [0.15, 0.2) is 0 Å². The number of benzene rings is 2. The van der Waals surface area contributed by atoms with Gasteiger partial charge in [-0.15, -0.1) is 0 Å². The maximum absolute atomic E-state index is 12.9. The molecule has 1 aliphatic carbocycles. The third-order valence-electron chi connectivity index (χ3n) is 4.34. The molecule has 0 aromatic heterocycles. The molecule has 2 aromatic carbocycles. The van der Waals surface area contributed by atoms with E-state index < -0.39 is 0 Å². The summed E-state index contributed by atoms with van der Waals surface area (Å²) in [6, 6.07) is 16.3. The standard InChI is InChI=1S/C18H19BrFN/c1-12(13-2-6-16(19)7-3-13)21-18-10-15(11-18)14-4-8-17(20)9-5-14/h2-9,12,15,18,21H,10-11H2,1H3/t12-,15?,18?/m0/s1. The summed E-state index contributed by atoms with van der Waals surface area (Å²) in [5.74, 6) is 0.414. The molecule has 1 aliphatic rings. The van der Waals surface area contributed by atoms with Gasteiger partial charge in [0, 0.05) is 16.6 Å². The Hall–Kier alpha value is -1.19. The van der Waals surface area contributed by atoms with Gasteiger partial charge < -0.3 is 5.32 Å². The molecule has 1 saturated carbocycles. The minimum absolute atomic E-state index is 0.156. The zero-order chi connectivity index (χ0) is 14.8. The van der Waals surface area contributed by atoms with Crippen molar-refractivity contribution in [3.63, 3.8) is 0 Å². The topological polar surface area (TPSA) is 12.0 Å². The van der Waals surface area contributed by atoms with Crippen LogP contribution in [0.5, 0.6) is 0 Å². The summed E-state index contributed by atoms with van der Waals surface area (Å²) in [5, 5.41) is 3.67. The zero-order valence-electron chi connectivity index (χ0n) is 12.0. The predicted molar refractivity (Wildman–Crippen MR) is 87.9 cm³/mol. The molecule has 3 rings (SSSR count). The van der Waals surface area contributed by atoms with Crippen molar-refractivity contribution in [1.29, 1.82) is 0 Å². The minimum Gasteiger partial charge on any atom is -0.307 e. The molecule has 110 valence electrons. The van der Waals surface area contributed by atoms with Crippen molar-refractivity contribution in [3.05, 3.63) is 69.9 Å². The number of nitrogens with one attached hydrogen (secondary N) is 1. The van der Waals surface area contributed by atoms with Crippen molar-refractivity contribution in [1.82, 2.24) is 5.32 Å². The SMILES string of the molecule is C[C@H](NC1CC(c2ccc(F)cc2)C1)c1ccc(Br)cc1. The van der Waals surface area contributed by atoms with Crippen LogP contribution < -0.4 is 5.32 Å². The van der Waals surface area contributed by atoms with E-state index in [1.165, 1.54) is 11.1 Å². The van der Waals surface area contributed by atoms with Gasteiger partial charge in [-0.1, -0.05) is 40.2 Å². The predicted octanol–water partition coefficient (Wildman–Crippen LogP) is 5.19. The summed E-state index contributed by atoms with van der Waals surface area (Å²) in [4.78, 5) is 0. The normalized spacial score (nSPS) is 22.6. The Morgan fingerprint density at radius 3 is 2.29 bits per heavy atom. The van der Waals surface area contributed by atoms with E-state index in [4.69, 9.17) is 0 Å². The molecule has 0 radical (unpaired) electrons. The fourth-order valence-corrected chi connectivity index (χ4v) is 3.23. The molecular weight excluding hydrogens is 329 g/mol. The quantitative estimate of drug-likeness (QED) is 0.802. The fraction of sp³-hybridized carbons (Fsp3) is 0.333. The maximum atomic E-state index is 12.9. The minimum atomic E-state index is -0.156. The lowest BCUT2D eigenvalue weighted by Crippen LogP contribution is -2.41. The molecule has 1 fully saturated rings. The van der Waals surface area contributed by atoms with Crippen LogP contribution >= 0.6 is 15.9 Å². The summed E-state index contributed by atoms with van der Waals surface area (Å²) in [5.41, 5.74) is 2.56. The van der Waals surface area contributed by atoms with E-state index in [0.717, 1.165) is 17.3 Å². The van der Waals surface area contributed by atoms with E-state index in [2.05, 4.69) is 52.4 Å². The summed E-state index contributed by atoms with van der Waals surface area (Å²) >= 11 is 3.46. The third kappa shape index (κ3) is 3.53. The molecular formula is C18H19BrFN. The lowest BCUT2D eigenvalue weighted by molar-refractivity contribution is 0.271. The van der Waals surface area contributed by atoms with Crippen LogP contribution in [0.1, 0.15) is 42.9 Å². The fourth-order valence-electron chi connectivity index (χ4n) is 2.96. The van der Waals surface area contributed by atoms with Crippen LogP contribution in [0.3, 0.4) is 0 Å². The molecule has 1 atom stereocenters. The van der Waals surface area contributed by atoms with Crippen LogP contribution in [-0.2, 0) is 0 Å². The van der Waals surface area contributed by atoms with Crippen molar-refractivity contribution in [2.45, 2.75) is 37.8 Å². The van der Waals surface area contributed by atoms with Gasteiger partial charge in [-0.3, -0.25) is 0 Å². The Morgan fingerprint density at radius 2 is 1.67 bits per heavy atom. The largest absolute Gasteiger partial charge is 0.307 e. The van der Waals surface area contributed by atoms with Gasteiger partial charge in [-0.05, 0) is 61.1 Å². The highest BCUT2D eigenvalue weighted by Crippen LogP contribution is 2.37. The summed E-state index contributed by atoms with van der Waals surface area (Å²) in [6.07, 6.45) is 2.26. The summed E-state index contributed by atoms with van der Waals surface area (Å²) < 4.78 is 14.0. The Kier molecular flexibility index (Phi) is 4.41. The number of hydrogen-bond acceptors (Lipinski definition) is 1. The van der Waals surface area contributed by atoms with E-state index in [1.54, 1.807) is 12.1 Å². The highest BCUT2D eigenvalue weighted by Gasteiger charge is 2.31. The van der Waals surface area contributed by atoms with Crippen molar-refractivity contribution in [2.75, 3.05) is 0 Å².